The van der Waals surface area contributed by atoms with Gasteiger partial charge in [-0.05, 0) is 6.42 Å². The molecule has 0 saturated carbocycles. The lowest BCUT2D eigenvalue weighted by Crippen LogP contribution is -2.33. The lowest BCUT2D eigenvalue weighted by atomic mass is 10.2. The molecule has 0 aliphatic rings. The minimum Gasteiger partial charge on any atom is -0.332 e. The first-order valence-corrected chi connectivity index (χ1v) is 7.04. The summed E-state index contributed by atoms with van der Waals surface area (Å²) in [6.45, 7) is 3.84. The van der Waals surface area contributed by atoms with Crippen LogP contribution in [0.4, 0.5) is 0 Å². The van der Waals surface area contributed by atoms with E-state index in [1.165, 1.54) is 6.20 Å². The highest BCUT2D eigenvalue weighted by molar-refractivity contribution is 7.89. The first-order valence-electron chi connectivity index (χ1n) is 5.55. The van der Waals surface area contributed by atoms with Gasteiger partial charge in [-0.3, -0.25) is 0 Å². The molecule has 1 atom stereocenters. The Balaban J connectivity index is 2.85. The van der Waals surface area contributed by atoms with Gasteiger partial charge in [0.2, 0.25) is 0 Å². The van der Waals surface area contributed by atoms with E-state index in [0.717, 1.165) is 6.42 Å². The van der Waals surface area contributed by atoms with Crippen LogP contribution in [0.2, 0.25) is 0 Å². The molecule has 0 fully saturated rings. The summed E-state index contributed by atoms with van der Waals surface area (Å²) in [6.07, 6.45) is 8.67. The van der Waals surface area contributed by atoms with Crippen molar-refractivity contribution in [3.05, 3.63) is 12.0 Å². The number of aryl methyl sites for hydroxylation is 1. The van der Waals surface area contributed by atoms with Gasteiger partial charge in [0.1, 0.15) is 5.82 Å². The maximum absolute atomic E-state index is 11.9. The SMILES string of the molecule is C#CC(CCC)NS(=O)(=O)c1cnc(CC)[nH]1. The summed E-state index contributed by atoms with van der Waals surface area (Å²) in [5.41, 5.74) is 0. The molecule has 1 rings (SSSR count). The summed E-state index contributed by atoms with van der Waals surface area (Å²) < 4.78 is 26.3. The second-order valence-corrected chi connectivity index (χ2v) is 5.36. The molecule has 0 spiro atoms. The third-order valence-electron chi connectivity index (χ3n) is 2.31. The molecule has 5 nitrogen and oxygen atoms in total. The Kier molecular flexibility index (Phi) is 4.73. The van der Waals surface area contributed by atoms with Crippen LogP contribution in [0.25, 0.3) is 0 Å². The number of nitrogens with one attached hydrogen (secondary N) is 2. The smallest absolute Gasteiger partial charge is 0.258 e. The fourth-order valence-corrected chi connectivity index (χ4v) is 2.51. The van der Waals surface area contributed by atoms with Crippen molar-refractivity contribution in [1.82, 2.24) is 14.7 Å². The van der Waals surface area contributed by atoms with Crippen LogP contribution in [0.5, 0.6) is 0 Å². The molecule has 0 aliphatic carbocycles. The molecule has 1 aromatic heterocycles. The van der Waals surface area contributed by atoms with Gasteiger partial charge in [0.25, 0.3) is 10.0 Å². The molecular weight excluding hydrogens is 238 g/mol. The summed E-state index contributed by atoms with van der Waals surface area (Å²) in [7, 11) is -3.59. The predicted octanol–water partition coefficient (Wildman–Crippen LogP) is 1.05. The van der Waals surface area contributed by atoms with E-state index < -0.39 is 16.1 Å². The maximum Gasteiger partial charge on any atom is 0.258 e. The number of terminal acetylenes is 1. The Labute approximate surface area is 102 Å². The van der Waals surface area contributed by atoms with E-state index in [4.69, 9.17) is 6.42 Å². The molecule has 1 heterocycles. The number of aromatic nitrogens is 2. The van der Waals surface area contributed by atoms with Crippen LogP contribution >= 0.6 is 0 Å². The normalized spacial score (nSPS) is 13.2. The first-order chi connectivity index (χ1) is 8.03. The number of H-pyrrole nitrogens is 1. The highest BCUT2D eigenvalue weighted by atomic mass is 32.2. The van der Waals surface area contributed by atoms with Gasteiger partial charge in [-0.2, -0.15) is 4.72 Å². The molecule has 0 aliphatic heterocycles. The fraction of sp³-hybridized carbons (Fsp3) is 0.545. The van der Waals surface area contributed by atoms with Gasteiger partial charge in [0.15, 0.2) is 5.03 Å². The maximum atomic E-state index is 11.9. The second kappa shape index (κ2) is 5.84. The zero-order valence-electron chi connectivity index (χ0n) is 10.0. The lowest BCUT2D eigenvalue weighted by Gasteiger charge is -2.10. The molecule has 2 N–H and O–H groups in total. The summed E-state index contributed by atoms with van der Waals surface area (Å²) >= 11 is 0. The van der Waals surface area contributed by atoms with Crippen LogP contribution in [0.3, 0.4) is 0 Å². The van der Waals surface area contributed by atoms with Gasteiger partial charge in [0, 0.05) is 6.42 Å². The minimum absolute atomic E-state index is 0.0608. The van der Waals surface area contributed by atoms with E-state index in [9.17, 15) is 8.42 Å². The van der Waals surface area contributed by atoms with Gasteiger partial charge >= 0.3 is 0 Å². The average Bonchev–Trinajstić information content (AvgIpc) is 2.77. The molecule has 0 amide bonds. The van der Waals surface area contributed by atoms with Gasteiger partial charge in [-0.25, -0.2) is 13.4 Å². The fourth-order valence-electron chi connectivity index (χ4n) is 1.38. The molecule has 6 heteroatoms. The third kappa shape index (κ3) is 3.58. The molecule has 94 valence electrons. The summed E-state index contributed by atoms with van der Waals surface area (Å²) in [6, 6.07) is -0.474. The zero-order valence-corrected chi connectivity index (χ0v) is 10.8. The van der Waals surface area contributed by atoms with Crippen molar-refractivity contribution >= 4 is 10.0 Å². The molecule has 0 saturated heterocycles. The Morgan fingerprint density at radius 1 is 1.59 bits per heavy atom. The summed E-state index contributed by atoms with van der Waals surface area (Å²) in [5.74, 6) is 3.06. The highest BCUT2D eigenvalue weighted by Gasteiger charge is 2.20. The molecule has 1 unspecified atom stereocenters. The van der Waals surface area contributed by atoms with Crippen LogP contribution in [0, 0.1) is 12.3 Å². The first kappa shape index (κ1) is 13.7. The van der Waals surface area contributed by atoms with Crippen molar-refractivity contribution in [3.8, 4) is 12.3 Å². The third-order valence-corrected chi connectivity index (χ3v) is 3.69. The van der Waals surface area contributed by atoms with Crippen molar-refractivity contribution in [2.75, 3.05) is 0 Å². The van der Waals surface area contributed by atoms with Crippen LogP contribution in [-0.2, 0) is 16.4 Å². The zero-order chi connectivity index (χ0) is 12.9. The molecule has 17 heavy (non-hydrogen) atoms. The average molecular weight is 255 g/mol. The van der Waals surface area contributed by atoms with E-state index >= 15 is 0 Å². The number of rotatable bonds is 6. The lowest BCUT2D eigenvalue weighted by molar-refractivity contribution is 0.561. The van der Waals surface area contributed by atoms with Crippen LogP contribution in [0.1, 0.15) is 32.5 Å². The Hall–Kier alpha value is -1.32. The molecular formula is C11H17N3O2S. The molecule has 1 aromatic rings. The summed E-state index contributed by atoms with van der Waals surface area (Å²) in [4.78, 5) is 6.70. The van der Waals surface area contributed by atoms with E-state index in [2.05, 4.69) is 20.6 Å². The van der Waals surface area contributed by atoms with E-state index in [1.807, 2.05) is 13.8 Å². The predicted molar refractivity (Wildman–Crippen MR) is 65.8 cm³/mol. The van der Waals surface area contributed by atoms with E-state index in [0.29, 0.717) is 18.7 Å². The molecule has 0 radical (unpaired) electrons. The number of nitrogens with zero attached hydrogens (tertiary/aromatic N) is 1. The summed E-state index contributed by atoms with van der Waals surface area (Å²) in [5, 5.41) is 0.0608. The van der Waals surface area contributed by atoms with Crippen molar-refractivity contribution in [2.24, 2.45) is 0 Å². The molecule has 0 aromatic carbocycles. The monoisotopic (exact) mass is 255 g/mol. The van der Waals surface area contributed by atoms with E-state index in [-0.39, 0.29) is 5.03 Å². The molecule has 0 bridgehead atoms. The van der Waals surface area contributed by atoms with Crippen molar-refractivity contribution in [3.63, 3.8) is 0 Å². The van der Waals surface area contributed by atoms with Crippen molar-refractivity contribution in [2.45, 2.75) is 44.2 Å². The van der Waals surface area contributed by atoms with Crippen molar-refractivity contribution < 1.29 is 8.42 Å². The van der Waals surface area contributed by atoms with Gasteiger partial charge in [0.05, 0.1) is 12.2 Å². The van der Waals surface area contributed by atoms with Gasteiger partial charge in [-0.15, -0.1) is 6.42 Å². The van der Waals surface area contributed by atoms with Crippen LogP contribution < -0.4 is 4.72 Å². The standard InChI is InChI=1S/C11H17N3O2S/c1-4-7-9(5-2)14-17(15,16)11-8-12-10(6-3)13-11/h2,8-9,14H,4,6-7H2,1,3H3,(H,12,13). The number of hydrogen-bond donors (Lipinski definition) is 2. The van der Waals surface area contributed by atoms with Gasteiger partial charge < -0.3 is 4.98 Å². The van der Waals surface area contributed by atoms with Crippen LogP contribution in [0.15, 0.2) is 11.2 Å². The topological polar surface area (TPSA) is 74.8 Å². The second-order valence-electron chi connectivity index (χ2n) is 3.68. The van der Waals surface area contributed by atoms with Gasteiger partial charge in [-0.1, -0.05) is 26.2 Å². The minimum atomic E-state index is -3.59. The number of aromatic amines is 1. The largest absolute Gasteiger partial charge is 0.332 e. The van der Waals surface area contributed by atoms with E-state index in [1.54, 1.807) is 0 Å². The quantitative estimate of drug-likeness (QED) is 0.746. The number of imidazole rings is 1. The Morgan fingerprint density at radius 3 is 2.76 bits per heavy atom. The Bertz CT molecular complexity index is 499. The number of hydrogen-bond acceptors (Lipinski definition) is 3. The van der Waals surface area contributed by atoms with Crippen molar-refractivity contribution in [1.29, 1.82) is 0 Å². The highest BCUT2D eigenvalue weighted by Crippen LogP contribution is 2.08. The van der Waals surface area contributed by atoms with Crippen LogP contribution in [-0.4, -0.2) is 24.4 Å². The number of sulfonamides is 1. The Morgan fingerprint density at radius 2 is 2.29 bits per heavy atom.